The first kappa shape index (κ1) is 21.5. The number of hydrogen-bond donors (Lipinski definition) is 2. The second-order valence-electron chi connectivity index (χ2n) is 7.31. The van der Waals surface area contributed by atoms with E-state index < -0.39 is 0 Å². The van der Waals surface area contributed by atoms with E-state index in [1.165, 1.54) is 6.08 Å². The van der Waals surface area contributed by atoms with E-state index in [1.54, 1.807) is 13.0 Å². The molecule has 1 aromatic heterocycles. The van der Waals surface area contributed by atoms with Crippen molar-refractivity contribution >= 4 is 22.9 Å². The second-order valence-corrected chi connectivity index (χ2v) is 7.31. The fraction of sp³-hybridized carbons (Fsp3) is 0.348. The van der Waals surface area contributed by atoms with E-state index >= 15 is 0 Å². The summed E-state index contributed by atoms with van der Waals surface area (Å²) in [6.45, 7) is 7.05. The molecule has 0 radical (unpaired) electrons. The number of anilines is 1. The van der Waals surface area contributed by atoms with Gasteiger partial charge in [-0.05, 0) is 49.8 Å². The van der Waals surface area contributed by atoms with Gasteiger partial charge in [-0.25, -0.2) is 14.1 Å². The molecule has 0 bridgehead atoms. The van der Waals surface area contributed by atoms with Crippen molar-refractivity contribution in [1.29, 1.82) is 0 Å². The molecule has 158 valence electrons. The predicted molar refractivity (Wildman–Crippen MR) is 119 cm³/mol. The molecule has 0 amide bonds. The highest BCUT2D eigenvalue weighted by atomic mass is 16.3. The van der Waals surface area contributed by atoms with E-state index in [0.29, 0.717) is 23.5 Å². The highest BCUT2D eigenvalue weighted by Crippen LogP contribution is 2.22. The number of likely N-dealkylation sites (N-methyl/N-ethyl adjacent to an activating group) is 1. The van der Waals surface area contributed by atoms with Crippen LogP contribution in [0.5, 0.6) is 0 Å². The minimum Gasteiger partial charge on any atom is -0.395 e. The molecule has 0 unspecified atom stereocenters. The van der Waals surface area contributed by atoms with Crippen molar-refractivity contribution in [3.05, 3.63) is 66.4 Å². The topological polar surface area (TPSA) is 73.7 Å². The van der Waals surface area contributed by atoms with E-state index in [9.17, 15) is 4.79 Å². The van der Waals surface area contributed by atoms with Crippen molar-refractivity contribution in [1.82, 2.24) is 9.88 Å². The molecule has 1 aliphatic rings. The smallest absolute Gasteiger partial charge is 0.243 e. The fourth-order valence-corrected chi connectivity index (χ4v) is 3.31. The molecule has 0 atom stereocenters. The zero-order chi connectivity index (χ0) is 21.5. The van der Waals surface area contributed by atoms with Gasteiger partial charge in [0, 0.05) is 24.9 Å². The Morgan fingerprint density at radius 3 is 2.63 bits per heavy atom. The Labute approximate surface area is 177 Å². The highest BCUT2D eigenvalue weighted by molar-refractivity contribution is 6.22. The number of hydrogen-bond acceptors (Lipinski definition) is 5. The van der Waals surface area contributed by atoms with Crippen LogP contribution in [0.3, 0.4) is 0 Å². The molecule has 7 heteroatoms. The number of nitrogens with one attached hydrogen (secondary N) is 1. The first-order chi connectivity index (χ1) is 14.5. The van der Waals surface area contributed by atoms with Crippen LogP contribution in [-0.4, -0.2) is 47.4 Å². The lowest BCUT2D eigenvalue weighted by molar-refractivity contribution is -0.671. The summed E-state index contributed by atoms with van der Waals surface area (Å²) in [6.07, 6.45) is 9.52. The van der Waals surface area contributed by atoms with Gasteiger partial charge >= 0.3 is 0 Å². The molecule has 0 saturated heterocycles. The number of aryl methyl sites for hydroxylation is 1. The zero-order valence-electron chi connectivity index (χ0n) is 17.9. The van der Waals surface area contributed by atoms with Crippen LogP contribution in [0.2, 0.25) is 0 Å². The number of aliphatic hydroxyl groups excluding tert-OH is 1. The van der Waals surface area contributed by atoms with Crippen molar-refractivity contribution < 1.29 is 14.5 Å². The number of imidazole rings is 1. The third-order valence-electron chi connectivity index (χ3n) is 5.02. The third-order valence-corrected chi connectivity index (χ3v) is 5.02. The molecule has 2 N–H and O–H groups in total. The fourth-order valence-electron chi connectivity index (χ4n) is 3.31. The SMILES string of the molecule is CCN(CCn1cc[n+](C)c1)c1ccc(N=C2C=C(C)C(=O)C=C2NCCO)cc1. The molecule has 1 aliphatic carbocycles. The van der Waals surface area contributed by atoms with Crippen LogP contribution in [0.25, 0.3) is 0 Å². The molecule has 0 aliphatic heterocycles. The first-order valence-corrected chi connectivity index (χ1v) is 10.2. The van der Waals surface area contributed by atoms with Crippen LogP contribution in [0, 0.1) is 0 Å². The Morgan fingerprint density at radius 2 is 2.00 bits per heavy atom. The average molecular weight is 409 g/mol. The molecule has 7 nitrogen and oxygen atoms in total. The van der Waals surface area contributed by atoms with E-state index in [0.717, 1.165) is 31.0 Å². The first-order valence-electron chi connectivity index (χ1n) is 10.2. The van der Waals surface area contributed by atoms with Crippen LogP contribution in [0.1, 0.15) is 13.8 Å². The molecule has 1 aromatic carbocycles. The number of aliphatic hydroxyl groups is 1. The van der Waals surface area contributed by atoms with E-state index in [-0.39, 0.29) is 12.4 Å². The highest BCUT2D eigenvalue weighted by Gasteiger charge is 2.16. The number of allylic oxidation sites excluding steroid dienone is 3. The summed E-state index contributed by atoms with van der Waals surface area (Å²) in [5.74, 6) is -0.0420. The van der Waals surface area contributed by atoms with Crippen LogP contribution >= 0.6 is 0 Å². The van der Waals surface area contributed by atoms with Crippen molar-refractivity contribution in [3.63, 3.8) is 0 Å². The summed E-state index contributed by atoms with van der Waals surface area (Å²) < 4.78 is 4.21. The quantitative estimate of drug-likeness (QED) is 0.491. The molecule has 30 heavy (non-hydrogen) atoms. The van der Waals surface area contributed by atoms with Gasteiger partial charge in [0.15, 0.2) is 5.78 Å². The van der Waals surface area contributed by atoms with Crippen LogP contribution in [-0.2, 0) is 18.4 Å². The Morgan fingerprint density at radius 1 is 1.23 bits per heavy atom. The van der Waals surface area contributed by atoms with Crippen LogP contribution < -0.4 is 14.8 Å². The number of benzene rings is 1. The molecule has 0 fully saturated rings. The Kier molecular flexibility index (Phi) is 7.19. The molecule has 1 heterocycles. The lowest BCUT2D eigenvalue weighted by atomic mass is 10.0. The number of aliphatic imine (C=N–C) groups is 1. The number of ketones is 1. The van der Waals surface area contributed by atoms with Crippen molar-refractivity contribution in [3.8, 4) is 0 Å². The Balaban J connectivity index is 1.73. The maximum absolute atomic E-state index is 12.0. The largest absolute Gasteiger partial charge is 0.395 e. The molecular weight excluding hydrogens is 378 g/mol. The molecule has 3 rings (SSSR count). The molecule has 0 spiro atoms. The van der Waals surface area contributed by atoms with E-state index in [4.69, 9.17) is 10.1 Å². The van der Waals surface area contributed by atoms with Gasteiger partial charge in [-0.3, -0.25) is 4.79 Å². The summed E-state index contributed by atoms with van der Waals surface area (Å²) in [5, 5.41) is 12.1. The van der Waals surface area contributed by atoms with Gasteiger partial charge < -0.3 is 15.3 Å². The summed E-state index contributed by atoms with van der Waals surface area (Å²) in [7, 11) is 2.02. The summed E-state index contributed by atoms with van der Waals surface area (Å²) in [4.78, 5) is 19.0. The van der Waals surface area contributed by atoms with Crippen molar-refractivity contribution in [2.45, 2.75) is 20.4 Å². The minimum atomic E-state index is -0.0420. The summed E-state index contributed by atoms with van der Waals surface area (Å²) >= 11 is 0. The van der Waals surface area contributed by atoms with Crippen molar-refractivity contribution in [2.75, 3.05) is 31.1 Å². The molecule has 2 aromatic rings. The predicted octanol–water partition coefficient (Wildman–Crippen LogP) is 1.91. The number of nitrogens with zero attached hydrogens (tertiary/aromatic N) is 4. The lowest BCUT2D eigenvalue weighted by Gasteiger charge is -2.22. The van der Waals surface area contributed by atoms with Gasteiger partial charge in [0.1, 0.15) is 18.9 Å². The Bertz CT molecular complexity index is 970. The normalized spacial score (nSPS) is 15.2. The zero-order valence-corrected chi connectivity index (χ0v) is 17.9. The standard InChI is InChI=1S/C23H29N5O2/c1-4-28(13-12-27-11-10-26(3)17-27)20-7-5-19(6-8-20)25-22-15-18(2)23(30)16-21(22)24-9-14-29/h5-8,10-11,15-17,29H,4,9,12-14H2,1-3H3/p+1. The van der Waals surface area contributed by atoms with Gasteiger partial charge in [-0.2, -0.15) is 0 Å². The average Bonchev–Trinajstić information content (AvgIpc) is 3.16. The monoisotopic (exact) mass is 408 g/mol. The lowest BCUT2D eigenvalue weighted by Crippen LogP contribution is -2.28. The molecule has 0 saturated carbocycles. The molecular formula is C23H30N5O2+. The van der Waals surface area contributed by atoms with Gasteiger partial charge in [0.25, 0.3) is 0 Å². The van der Waals surface area contributed by atoms with Gasteiger partial charge in [0.05, 0.1) is 37.3 Å². The maximum atomic E-state index is 12.0. The van der Waals surface area contributed by atoms with E-state index in [2.05, 4.69) is 46.4 Å². The third kappa shape index (κ3) is 5.45. The summed E-state index contributed by atoms with van der Waals surface area (Å²) in [6, 6.07) is 8.13. The van der Waals surface area contributed by atoms with Crippen LogP contribution in [0.4, 0.5) is 11.4 Å². The number of rotatable bonds is 9. The Hall–Kier alpha value is -3.19. The van der Waals surface area contributed by atoms with Gasteiger partial charge in [-0.1, -0.05) is 0 Å². The minimum absolute atomic E-state index is 0.00960. The number of carbonyl (C=O) groups is 1. The second kappa shape index (κ2) is 10.0. The van der Waals surface area contributed by atoms with Gasteiger partial charge in [-0.15, -0.1) is 0 Å². The maximum Gasteiger partial charge on any atom is 0.243 e. The van der Waals surface area contributed by atoms with Crippen LogP contribution in [0.15, 0.2) is 71.4 Å². The number of carbonyl (C=O) groups excluding carboxylic acids is 1. The van der Waals surface area contributed by atoms with Crippen molar-refractivity contribution in [2.24, 2.45) is 12.0 Å². The number of aromatic nitrogens is 2. The summed E-state index contributed by atoms with van der Waals surface area (Å²) in [5.41, 5.74) is 3.95. The van der Waals surface area contributed by atoms with E-state index in [1.807, 2.05) is 29.9 Å². The van der Waals surface area contributed by atoms with Gasteiger partial charge in [0.2, 0.25) is 6.33 Å².